The monoisotopic (exact) mass is 449 g/mol. The third-order valence-corrected chi connectivity index (χ3v) is 5.23. The van der Waals surface area contributed by atoms with Gasteiger partial charge in [0.25, 0.3) is 17.7 Å². The predicted octanol–water partition coefficient (Wildman–Crippen LogP) is 4.20. The maximum Gasteiger partial charge on any atom is 0.261 e. The predicted molar refractivity (Wildman–Crippen MR) is 112 cm³/mol. The molecule has 7 heteroatoms. The zero-order chi connectivity index (χ0) is 20.5. The van der Waals surface area contributed by atoms with Crippen molar-refractivity contribution in [2.45, 2.75) is 13.5 Å². The van der Waals surface area contributed by atoms with Crippen molar-refractivity contribution in [3.63, 3.8) is 0 Å². The lowest BCUT2D eigenvalue weighted by atomic mass is 10.0. The van der Waals surface area contributed by atoms with Gasteiger partial charge in [-0.25, -0.2) is 0 Å². The number of imide groups is 1. The van der Waals surface area contributed by atoms with Crippen LogP contribution in [0.15, 0.2) is 65.4 Å². The molecule has 0 spiro atoms. The van der Waals surface area contributed by atoms with Crippen molar-refractivity contribution in [3.8, 4) is 0 Å². The van der Waals surface area contributed by atoms with Gasteiger partial charge in [0.1, 0.15) is 0 Å². The number of pyridine rings is 1. The number of hydrogen-bond donors (Lipinski definition) is 1. The third kappa shape index (κ3) is 3.69. The molecular weight excluding hydrogens is 434 g/mol. The molecule has 3 aromatic rings. The molecule has 1 N–H and O–H groups in total. The highest BCUT2D eigenvalue weighted by Crippen LogP contribution is 2.26. The lowest BCUT2D eigenvalue weighted by molar-refractivity contribution is 0.0642. The van der Waals surface area contributed by atoms with E-state index in [4.69, 9.17) is 0 Å². The number of rotatable bonds is 4. The summed E-state index contributed by atoms with van der Waals surface area (Å²) in [5.74, 6) is -1.13. The van der Waals surface area contributed by atoms with Gasteiger partial charge in [0.05, 0.1) is 17.7 Å². The fourth-order valence-corrected chi connectivity index (χ4v) is 3.69. The van der Waals surface area contributed by atoms with Crippen molar-refractivity contribution in [1.29, 1.82) is 0 Å². The van der Waals surface area contributed by atoms with Crippen molar-refractivity contribution in [1.82, 2.24) is 9.88 Å². The van der Waals surface area contributed by atoms with Crippen molar-refractivity contribution in [2.75, 3.05) is 5.32 Å². The fourth-order valence-electron chi connectivity index (χ4n) is 3.21. The number of aryl methyl sites for hydroxylation is 1. The van der Waals surface area contributed by atoms with E-state index >= 15 is 0 Å². The summed E-state index contributed by atoms with van der Waals surface area (Å²) in [5.41, 5.74) is 3.19. The van der Waals surface area contributed by atoms with Gasteiger partial charge in [-0.3, -0.25) is 24.3 Å². The molecule has 0 bridgehead atoms. The van der Waals surface area contributed by atoms with Crippen molar-refractivity contribution in [2.24, 2.45) is 0 Å². The molecule has 0 unspecified atom stereocenters. The van der Waals surface area contributed by atoms with Gasteiger partial charge in [-0.1, -0.05) is 22.0 Å². The number of nitrogens with one attached hydrogen (secondary N) is 1. The Labute approximate surface area is 175 Å². The Morgan fingerprint density at radius 1 is 1.07 bits per heavy atom. The van der Waals surface area contributed by atoms with Gasteiger partial charge in [-0.15, -0.1) is 0 Å². The van der Waals surface area contributed by atoms with Gasteiger partial charge >= 0.3 is 0 Å². The number of aromatic nitrogens is 1. The van der Waals surface area contributed by atoms with Gasteiger partial charge in [-0.2, -0.15) is 0 Å². The van der Waals surface area contributed by atoms with E-state index in [1.54, 1.807) is 36.7 Å². The van der Waals surface area contributed by atoms with Crippen LogP contribution in [0, 0.1) is 6.92 Å². The molecule has 0 fully saturated rings. The number of amides is 3. The SMILES string of the molecule is Cc1cc(Br)ccc1NC(=O)c1ccc2c(c1)C(=O)N(Cc1cccnc1)C2=O. The fraction of sp³-hybridized carbons (Fsp3) is 0.0909. The van der Waals surface area contributed by atoms with E-state index in [0.29, 0.717) is 16.8 Å². The van der Waals surface area contributed by atoms with Crippen molar-refractivity contribution >= 4 is 39.3 Å². The van der Waals surface area contributed by atoms with E-state index in [-0.39, 0.29) is 23.9 Å². The van der Waals surface area contributed by atoms with Crippen LogP contribution in [-0.4, -0.2) is 27.6 Å². The van der Waals surface area contributed by atoms with Crippen LogP contribution in [0.1, 0.15) is 42.2 Å². The highest BCUT2D eigenvalue weighted by molar-refractivity contribution is 9.10. The first kappa shape index (κ1) is 19.0. The molecular formula is C22H16BrN3O3. The molecule has 0 radical (unpaired) electrons. The van der Waals surface area contributed by atoms with E-state index in [0.717, 1.165) is 15.6 Å². The summed E-state index contributed by atoms with van der Waals surface area (Å²) in [7, 11) is 0. The molecule has 6 nitrogen and oxygen atoms in total. The van der Waals surface area contributed by atoms with Crippen LogP contribution in [0.4, 0.5) is 5.69 Å². The molecule has 4 rings (SSSR count). The van der Waals surface area contributed by atoms with Crippen LogP contribution < -0.4 is 5.32 Å². The first-order valence-electron chi connectivity index (χ1n) is 8.90. The Morgan fingerprint density at radius 2 is 1.86 bits per heavy atom. The van der Waals surface area contributed by atoms with Gasteiger partial charge < -0.3 is 5.32 Å². The number of hydrogen-bond acceptors (Lipinski definition) is 4. The van der Waals surface area contributed by atoms with E-state index in [2.05, 4.69) is 26.2 Å². The van der Waals surface area contributed by atoms with Crippen LogP contribution >= 0.6 is 15.9 Å². The number of nitrogens with zero attached hydrogens (tertiary/aromatic N) is 2. The summed E-state index contributed by atoms with van der Waals surface area (Å²) in [5, 5.41) is 2.84. The third-order valence-electron chi connectivity index (χ3n) is 4.73. The molecule has 3 amide bonds. The Hall–Kier alpha value is -3.32. The Balaban J connectivity index is 1.57. The highest BCUT2D eigenvalue weighted by Gasteiger charge is 2.36. The molecule has 1 aromatic heterocycles. The van der Waals surface area contributed by atoms with Crippen LogP contribution in [0.2, 0.25) is 0 Å². The highest BCUT2D eigenvalue weighted by atomic mass is 79.9. The summed E-state index contributed by atoms with van der Waals surface area (Å²) in [6, 6.07) is 13.7. The van der Waals surface area contributed by atoms with Crippen LogP contribution in [0.3, 0.4) is 0 Å². The van der Waals surface area contributed by atoms with E-state index in [1.807, 2.05) is 19.1 Å². The average molecular weight is 450 g/mol. The average Bonchev–Trinajstić information content (AvgIpc) is 2.95. The smallest absolute Gasteiger partial charge is 0.261 e. The minimum absolute atomic E-state index is 0.139. The first-order valence-corrected chi connectivity index (χ1v) is 9.70. The molecule has 2 aromatic carbocycles. The zero-order valence-electron chi connectivity index (χ0n) is 15.5. The summed E-state index contributed by atoms with van der Waals surface area (Å²) >= 11 is 3.39. The quantitative estimate of drug-likeness (QED) is 0.605. The minimum Gasteiger partial charge on any atom is -0.322 e. The first-order chi connectivity index (χ1) is 13.9. The molecule has 1 aliphatic heterocycles. The summed E-state index contributed by atoms with van der Waals surface area (Å²) in [4.78, 5) is 43.3. The lowest BCUT2D eigenvalue weighted by Gasteiger charge is -2.13. The standard InChI is InChI=1S/C22H16BrN3O3/c1-13-9-16(23)5-7-19(13)25-20(27)15-4-6-17-18(10-15)22(29)26(21(17)28)12-14-3-2-8-24-11-14/h2-11H,12H2,1H3,(H,25,27). The number of carbonyl (C=O) groups is 3. The van der Waals surface area contributed by atoms with E-state index in [1.165, 1.54) is 17.0 Å². The van der Waals surface area contributed by atoms with Crippen LogP contribution in [0.5, 0.6) is 0 Å². The topological polar surface area (TPSA) is 79.4 Å². The second-order valence-electron chi connectivity index (χ2n) is 6.73. The number of halogens is 1. The van der Waals surface area contributed by atoms with Crippen LogP contribution in [-0.2, 0) is 6.54 Å². The number of carbonyl (C=O) groups excluding carboxylic acids is 3. The molecule has 29 heavy (non-hydrogen) atoms. The molecule has 0 atom stereocenters. The minimum atomic E-state index is -0.414. The Kier molecular flexibility index (Phi) is 4.98. The normalized spacial score (nSPS) is 12.8. The molecule has 2 heterocycles. The van der Waals surface area contributed by atoms with E-state index < -0.39 is 5.91 Å². The van der Waals surface area contributed by atoms with Crippen molar-refractivity contribution in [3.05, 3.63) is 93.2 Å². The Morgan fingerprint density at radius 3 is 2.59 bits per heavy atom. The van der Waals surface area contributed by atoms with Gasteiger partial charge in [0.15, 0.2) is 0 Å². The summed E-state index contributed by atoms with van der Waals surface area (Å²) < 4.78 is 0.920. The molecule has 0 saturated heterocycles. The molecule has 0 aliphatic carbocycles. The van der Waals surface area contributed by atoms with Gasteiger partial charge in [0, 0.05) is 28.1 Å². The number of anilines is 1. The largest absolute Gasteiger partial charge is 0.322 e. The Bertz CT molecular complexity index is 1150. The van der Waals surface area contributed by atoms with Crippen molar-refractivity contribution < 1.29 is 14.4 Å². The summed E-state index contributed by atoms with van der Waals surface area (Å²) in [6.45, 7) is 2.03. The second-order valence-corrected chi connectivity index (χ2v) is 7.65. The maximum absolute atomic E-state index is 12.8. The van der Waals surface area contributed by atoms with E-state index in [9.17, 15) is 14.4 Å². The summed E-state index contributed by atoms with van der Waals surface area (Å²) in [6.07, 6.45) is 3.24. The zero-order valence-corrected chi connectivity index (χ0v) is 17.1. The molecule has 1 aliphatic rings. The number of fused-ring (bicyclic) bond motifs is 1. The van der Waals surface area contributed by atoms with Gasteiger partial charge in [-0.05, 0) is 60.5 Å². The lowest BCUT2D eigenvalue weighted by Crippen LogP contribution is -2.29. The van der Waals surface area contributed by atoms with Gasteiger partial charge in [0.2, 0.25) is 0 Å². The maximum atomic E-state index is 12.8. The molecule has 0 saturated carbocycles. The molecule has 144 valence electrons. The second kappa shape index (κ2) is 7.60. The number of benzene rings is 2. The van der Waals surface area contributed by atoms with Crippen LogP contribution in [0.25, 0.3) is 0 Å².